The number of benzene rings is 3. The summed E-state index contributed by atoms with van der Waals surface area (Å²) in [6, 6.07) is 25.5. The number of aromatic nitrogens is 3. The first-order valence-corrected chi connectivity index (χ1v) is 20.8. The van der Waals surface area contributed by atoms with Gasteiger partial charge < -0.3 is 30.1 Å². The molecule has 4 amide bonds. The molecule has 0 unspecified atom stereocenters. The number of para-hydroxylation sites is 1. The van der Waals surface area contributed by atoms with Gasteiger partial charge in [0.25, 0.3) is 5.91 Å². The molecule has 0 saturated carbocycles. The Morgan fingerprint density at radius 2 is 1.62 bits per heavy atom. The number of phenolic OH excluding ortho intramolecular Hbond substituents is 1. The molecule has 4 aliphatic rings. The van der Waals surface area contributed by atoms with Gasteiger partial charge in [0.1, 0.15) is 5.75 Å². The van der Waals surface area contributed by atoms with Crippen LogP contribution in [0, 0.1) is 5.92 Å². The number of carbonyl (C=O) groups excluding carboxylic acids is 3. The standard InChI is InChI=1S/C45H51N9O4/c46-43-40(27-37(48-49-43)35-6-1-2-9-41(35)55)52-20-4-5-33(29-52)31-10-12-32(13-11-31)44(57)51-23-14-30(15-24-51)28-50-21-16-34(17-22-50)53-25-18-36-38(53)7-3-8-39(36)54-26-19-42(56)47-45(54)58/h1-3,6-13,18,25,27,30,33-34,55H,4-5,14-17,19-24,26,28-29H2,(H2,46,49)(H,47,56,58)/t33-/m1/s1. The zero-order valence-corrected chi connectivity index (χ0v) is 32.8. The highest BCUT2D eigenvalue weighted by Crippen LogP contribution is 2.37. The van der Waals surface area contributed by atoms with Gasteiger partial charge in [-0.3, -0.25) is 19.8 Å². The fourth-order valence-electron chi connectivity index (χ4n) is 9.60. The van der Waals surface area contributed by atoms with E-state index in [9.17, 15) is 19.5 Å². The molecule has 58 heavy (non-hydrogen) atoms. The van der Waals surface area contributed by atoms with Crippen LogP contribution in [0.4, 0.5) is 22.0 Å². The summed E-state index contributed by atoms with van der Waals surface area (Å²) in [6.07, 6.45) is 8.67. The molecule has 0 spiro atoms. The quantitative estimate of drug-likeness (QED) is 0.162. The molecule has 4 N–H and O–H groups in total. The average Bonchev–Trinajstić information content (AvgIpc) is 3.69. The number of hydrogen-bond donors (Lipinski definition) is 3. The smallest absolute Gasteiger partial charge is 0.328 e. The molecule has 2 aromatic heterocycles. The summed E-state index contributed by atoms with van der Waals surface area (Å²) in [7, 11) is 0. The predicted molar refractivity (Wildman–Crippen MR) is 225 cm³/mol. The van der Waals surface area contributed by atoms with E-state index < -0.39 is 0 Å². The fraction of sp³-hybridized carbons (Fsp3) is 0.400. The molecule has 9 rings (SSSR count). The molecule has 4 saturated heterocycles. The van der Waals surface area contributed by atoms with Gasteiger partial charge in [-0.25, -0.2) is 4.79 Å². The Bertz CT molecular complexity index is 2310. The van der Waals surface area contributed by atoms with Crippen molar-refractivity contribution in [3.05, 3.63) is 96.2 Å². The Morgan fingerprint density at radius 1 is 0.828 bits per heavy atom. The summed E-state index contributed by atoms with van der Waals surface area (Å²) >= 11 is 0. The Hall–Kier alpha value is -5.95. The highest BCUT2D eigenvalue weighted by atomic mass is 16.3. The van der Waals surface area contributed by atoms with Crippen LogP contribution in [0.5, 0.6) is 5.75 Å². The maximum absolute atomic E-state index is 13.6. The van der Waals surface area contributed by atoms with Crippen molar-refractivity contribution in [2.75, 3.05) is 67.9 Å². The minimum Gasteiger partial charge on any atom is -0.507 e. The number of nitrogens with two attached hydrogens (primary N) is 1. The van der Waals surface area contributed by atoms with E-state index in [2.05, 4.69) is 60.3 Å². The van der Waals surface area contributed by atoms with E-state index in [-0.39, 0.29) is 23.6 Å². The van der Waals surface area contributed by atoms with Gasteiger partial charge in [0, 0.05) is 93.4 Å². The Morgan fingerprint density at radius 3 is 2.40 bits per heavy atom. The number of fused-ring (bicyclic) bond motifs is 1. The Balaban J connectivity index is 0.756. The van der Waals surface area contributed by atoms with Gasteiger partial charge in [0.15, 0.2) is 5.82 Å². The SMILES string of the molecule is Nc1nnc(-c2ccccc2O)cc1N1CCC[C@@H](c2ccc(C(=O)N3CCC(CN4CCC(n5ccc6c(N7CCC(=O)NC7=O)cccc65)CC4)CC3)cc2)C1. The molecular weight excluding hydrogens is 731 g/mol. The first-order chi connectivity index (χ1) is 28.3. The lowest BCUT2D eigenvalue weighted by molar-refractivity contribution is -0.120. The van der Waals surface area contributed by atoms with Gasteiger partial charge >= 0.3 is 6.03 Å². The summed E-state index contributed by atoms with van der Waals surface area (Å²) in [5, 5.41) is 22.3. The number of imide groups is 1. The van der Waals surface area contributed by atoms with Gasteiger partial charge in [-0.15, -0.1) is 10.2 Å². The highest BCUT2D eigenvalue weighted by molar-refractivity contribution is 6.09. The topological polar surface area (TPSA) is 153 Å². The molecule has 0 radical (unpaired) electrons. The number of aromatic hydroxyl groups is 1. The molecule has 3 aromatic carbocycles. The molecule has 13 nitrogen and oxygen atoms in total. The van der Waals surface area contributed by atoms with Crippen molar-refractivity contribution in [3.63, 3.8) is 0 Å². The minimum atomic E-state index is -0.355. The maximum Gasteiger partial charge on any atom is 0.328 e. The summed E-state index contributed by atoms with van der Waals surface area (Å²) in [4.78, 5) is 46.5. The second kappa shape index (κ2) is 16.1. The van der Waals surface area contributed by atoms with Crippen LogP contribution in [0.2, 0.25) is 0 Å². The lowest BCUT2D eigenvalue weighted by Gasteiger charge is -2.38. The number of anilines is 3. The molecule has 4 fully saturated rings. The third kappa shape index (κ3) is 7.58. The van der Waals surface area contributed by atoms with E-state index >= 15 is 0 Å². The number of hydrogen-bond acceptors (Lipinski definition) is 9. The number of nitrogen functional groups attached to an aromatic ring is 1. The molecule has 300 valence electrons. The number of likely N-dealkylation sites (tertiary alicyclic amines) is 2. The van der Waals surface area contributed by atoms with E-state index in [1.54, 1.807) is 17.0 Å². The van der Waals surface area contributed by atoms with Crippen molar-refractivity contribution in [1.29, 1.82) is 0 Å². The van der Waals surface area contributed by atoms with Gasteiger partial charge in [-0.1, -0.05) is 30.3 Å². The van der Waals surface area contributed by atoms with Crippen LogP contribution in [0.1, 0.15) is 72.8 Å². The monoisotopic (exact) mass is 781 g/mol. The van der Waals surface area contributed by atoms with Crippen LogP contribution in [0.15, 0.2) is 85.1 Å². The average molecular weight is 782 g/mol. The molecule has 1 atom stereocenters. The third-order valence-electron chi connectivity index (χ3n) is 12.8. The van der Waals surface area contributed by atoms with Crippen LogP contribution in [0.3, 0.4) is 0 Å². The second-order valence-corrected chi connectivity index (χ2v) is 16.4. The number of piperidine rings is 3. The number of carbonyl (C=O) groups is 3. The normalized spacial score (nSPS) is 20.1. The number of rotatable bonds is 8. The van der Waals surface area contributed by atoms with E-state index in [4.69, 9.17) is 5.73 Å². The highest BCUT2D eigenvalue weighted by Gasteiger charge is 2.30. The van der Waals surface area contributed by atoms with Crippen molar-refractivity contribution < 1.29 is 19.5 Å². The van der Waals surface area contributed by atoms with Crippen LogP contribution < -0.4 is 20.9 Å². The van der Waals surface area contributed by atoms with E-state index in [1.807, 2.05) is 47.4 Å². The maximum atomic E-state index is 13.6. The zero-order chi connectivity index (χ0) is 39.8. The predicted octanol–water partition coefficient (Wildman–Crippen LogP) is 6.41. The Labute approximate surface area is 338 Å². The van der Waals surface area contributed by atoms with Crippen molar-refractivity contribution in [2.45, 2.75) is 56.9 Å². The fourth-order valence-corrected chi connectivity index (χ4v) is 9.60. The van der Waals surface area contributed by atoms with Gasteiger partial charge in [-0.2, -0.15) is 0 Å². The molecule has 6 heterocycles. The number of phenols is 1. The van der Waals surface area contributed by atoms with Gasteiger partial charge in [-0.05, 0) is 98.5 Å². The van der Waals surface area contributed by atoms with Gasteiger partial charge in [0.05, 0.1) is 22.6 Å². The molecule has 0 bridgehead atoms. The van der Waals surface area contributed by atoms with Crippen LogP contribution in [0.25, 0.3) is 22.2 Å². The molecule has 5 aromatic rings. The third-order valence-corrected chi connectivity index (χ3v) is 12.8. The molecule has 0 aliphatic carbocycles. The minimum absolute atomic E-state index is 0.111. The number of nitrogens with zero attached hydrogens (tertiary/aromatic N) is 7. The van der Waals surface area contributed by atoms with Gasteiger partial charge in [0.2, 0.25) is 5.91 Å². The van der Waals surface area contributed by atoms with Crippen molar-refractivity contribution in [1.82, 2.24) is 29.9 Å². The van der Waals surface area contributed by atoms with Crippen molar-refractivity contribution in [2.24, 2.45) is 5.92 Å². The first kappa shape index (κ1) is 37.6. The molecular formula is C45H51N9O4. The van der Waals surface area contributed by atoms with Crippen molar-refractivity contribution in [3.8, 4) is 17.0 Å². The van der Waals surface area contributed by atoms with E-state index in [0.29, 0.717) is 47.9 Å². The summed E-state index contributed by atoms with van der Waals surface area (Å²) < 4.78 is 2.37. The number of amides is 4. The molecule has 13 heteroatoms. The summed E-state index contributed by atoms with van der Waals surface area (Å²) in [6.45, 7) is 6.74. The van der Waals surface area contributed by atoms with Crippen LogP contribution >= 0.6 is 0 Å². The van der Waals surface area contributed by atoms with E-state index in [1.165, 1.54) is 5.56 Å². The van der Waals surface area contributed by atoms with Crippen LogP contribution in [-0.2, 0) is 4.79 Å². The molecule has 4 aliphatic heterocycles. The summed E-state index contributed by atoms with van der Waals surface area (Å²) in [5.41, 5.74) is 12.3. The lowest BCUT2D eigenvalue weighted by Crippen LogP contribution is -2.49. The largest absolute Gasteiger partial charge is 0.507 e. The van der Waals surface area contributed by atoms with Crippen molar-refractivity contribution >= 4 is 45.9 Å². The lowest BCUT2D eigenvalue weighted by atomic mass is 9.89. The zero-order valence-electron chi connectivity index (χ0n) is 32.8. The van der Waals surface area contributed by atoms with E-state index in [0.717, 1.165) is 112 Å². The Kier molecular flexibility index (Phi) is 10.5. The number of nitrogens with one attached hydrogen (secondary N) is 1. The van der Waals surface area contributed by atoms with Crippen LogP contribution in [-0.4, -0.2) is 99.9 Å². The second-order valence-electron chi connectivity index (χ2n) is 16.4. The first-order valence-electron chi connectivity index (χ1n) is 20.8. The summed E-state index contributed by atoms with van der Waals surface area (Å²) in [5.74, 6) is 1.28. The number of urea groups is 1.